The molecule has 0 saturated heterocycles. The van der Waals surface area contributed by atoms with Crippen LogP contribution in [0.25, 0.3) is 0 Å². The highest BCUT2D eigenvalue weighted by Gasteiger charge is 2.54. The van der Waals surface area contributed by atoms with Gasteiger partial charge in [0.25, 0.3) is 0 Å². The van der Waals surface area contributed by atoms with Crippen LogP contribution in [0.4, 0.5) is 0 Å². The average molecular weight is 257 g/mol. The molecule has 19 heavy (non-hydrogen) atoms. The van der Waals surface area contributed by atoms with E-state index in [1.54, 1.807) is 0 Å². The number of carbonyl (C=O) groups excluding carboxylic acids is 1. The molecule has 0 atom stereocenters. The molecule has 0 aliphatic heterocycles. The van der Waals surface area contributed by atoms with Gasteiger partial charge in [-0.25, -0.2) is 0 Å². The molecule has 2 saturated carbocycles. The van der Waals surface area contributed by atoms with Crippen molar-refractivity contribution in [1.29, 1.82) is 0 Å². The molecular weight excluding hydrogens is 234 g/mol. The number of fused-ring (bicyclic) bond motifs is 1. The highest BCUT2D eigenvalue weighted by Crippen LogP contribution is 2.62. The minimum Gasteiger partial charge on any atom is -0.350 e. The molecule has 0 bridgehead atoms. The lowest BCUT2D eigenvalue weighted by atomic mass is 9.76. The normalized spacial score (nSPS) is 27.2. The van der Waals surface area contributed by atoms with Crippen LogP contribution in [0.1, 0.15) is 62.0 Å². The third kappa shape index (κ3) is 1.87. The maximum atomic E-state index is 12.2. The lowest BCUT2D eigenvalue weighted by Crippen LogP contribution is -2.29. The fourth-order valence-corrected chi connectivity index (χ4v) is 4.04. The van der Waals surface area contributed by atoms with Crippen LogP contribution >= 0.6 is 0 Å². The van der Waals surface area contributed by atoms with E-state index in [2.05, 4.69) is 30.7 Å². The first-order chi connectivity index (χ1) is 8.99. The van der Waals surface area contributed by atoms with Gasteiger partial charge in [-0.05, 0) is 54.9 Å². The van der Waals surface area contributed by atoms with Crippen molar-refractivity contribution in [2.45, 2.75) is 58.9 Å². The van der Waals surface area contributed by atoms with Gasteiger partial charge in [-0.15, -0.1) is 0 Å². The van der Waals surface area contributed by atoms with Gasteiger partial charge in [0.05, 0.1) is 0 Å². The molecule has 3 aliphatic rings. The van der Waals surface area contributed by atoms with E-state index in [0.29, 0.717) is 17.6 Å². The van der Waals surface area contributed by atoms with Gasteiger partial charge in [0.2, 0.25) is 0 Å². The van der Waals surface area contributed by atoms with E-state index in [0.717, 1.165) is 24.4 Å². The maximum absolute atomic E-state index is 12.2. The Hall–Kier alpha value is -1.05. The summed E-state index contributed by atoms with van der Waals surface area (Å²) in [5.74, 6) is 1.33. The van der Waals surface area contributed by atoms with Crippen molar-refractivity contribution in [3.63, 3.8) is 0 Å². The number of Topliss-reactive ketones (excluding diaryl/α,β-unsaturated/α-hetero) is 1. The first-order valence-corrected chi connectivity index (χ1v) is 7.70. The van der Waals surface area contributed by atoms with Crippen molar-refractivity contribution in [2.24, 2.45) is 16.7 Å². The summed E-state index contributed by atoms with van der Waals surface area (Å²) in [6, 6.07) is 2.07. The summed E-state index contributed by atoms with van der Waals surface area (Å²) >= 11 is 0. The molecule has 0 aromatic carbocycles. The Labute approximate surface area is 115 Å². The van der Waals surface area contributed by atoms with Crippen molar-refractivity contribution in [1.82, 2.24) is 4.57 Å². The van der Waals surface area contributed by atoms with Crippen LogP contribution in [0.3, 0.4) is 0 Å². The topological polar surface area (TPSA) is 22.0 Å². The monoisotopic (exact) mass is 257 g/mol. The van der Waals surface area contributed by atoms with Crippen molar-refractivity contribution < 1.29 is 4.79 Å². The average Bonchev–Trinajstić information content (AvgIpc) is 3.19. The van der Waals surface area contributed by atoms with Gasteiger partial charge in [0.15, 0.2) is 5.78 Å². The van der Waals surface area contributed by atoms with E-state index >= 15 is 0 Å². The quantitative estimate of drug-likeness (QED) is 0.806. The summed E-state index contributed by atoms with van der Waals surface area (Å²) in [5, 5.41) is 0. The second kappa shape index (κ2) is 3.53. The largest absolute Gasteiger partial charge is 0.350 e. The molecule has 0 N–H and O–H groups in total. The van der Waals surface area contributed by atoms with Gasteiger partial charge in [-0.3, -0.25) is 4.79 Å². The number of carbonyl (C=O) groups is 1. The van der Waals surface area contributed by atoms with Crippen LogP contribution in [0.15, 0.2) is 12.3 Å². The zero-order valence-electron chi connectivity index (χ0n) is 12.0. The minimum atomic E-state index is 0.135. The van der Waals surface area contributed by atoms with E-state index in [4.69, 9.17) is 0 Å². The van der Waals surface area contributed by atoms with Crippen LogP contribution in [-0.4, -0.2) is 10.4 Å². The number of nitrogens with zero attached hydrogens (tertiary/aromatic N) is 1. The Bertz CT molecular complexity index is 544. The second-order valence-corrected chi connectivity index (χ2v) is 7.88. The summed E-state index contributed by atoms with van der Waals surface area (Å²) in [6.45, 7) is 5.61. The fourth-order valence-electron chi connectivity index (χ4n) is 4.04. The first kappa shape index (κ1) is 11.7. The van der Waals surface area contributed by atoms with E-state index in [1.807, 2.05) is 0 Å². The molecule has 0 amide bonds. The number of aromatic nitrogens is 1. The highest BCUT2D eigenvalue weighted by molar-refractivity contribution is 5.98. The van der Waals surface area contributed by atoms with E-state index in [1.165, 1.54) is 31.4 Å². The third-order valence-electron chi connectivity index (χ3n) is 5.49. The van der Waals surface area contributed by atoms with E-state index in [-0.39, 0.29) is 5.41 Å². The molecule has 1 aromatic rings. The summed E-state index contributed by atoms with van der Waals surface area (Å²) in [7, 11) is 0. The Morgan fingerprint density at radius 2 is 2.00 bits per heavy atom. The molecule has 1 heterocycles. The Morgan fingerprint density at radius 3 is 2.63 bits per heavy atom. The van der Waals surface area contributed by atoms with Gasteiger partial charge in [0, 0.05) is 30.4 Å². The number of hydrogen-bond donors (Lipinski definition) is 0. The van der Waals surface area contributed by atoms with Gasteiger partial charge >= 0.3 is 0 Å². The third-order valence-corrected chi connectivity index (χ3v) is 5.49. The molecule has 0 unspecified atom stereocenters. The Morgan fingerprint density at radius 1 is 1.26 bits per heavy atom. The molecular formula is C17H23NO. The van der Waals surface area contributed by atoms with Crippen molar-refractivity contribution in [2.75, 3.05) is 0 Å². The van der Waals surface area contributed by atoms with Crippen LogP contribution < -0.4 is 0 Å². The Balaban J connectivity index is 1.66. The van der Waals surface area contributed by atoms with Crippen molar-refractivity contribution in [3.05, 3.63) is 23.5 Å². The summed E-state index contributed by atoms with van der Waals surface area (Å²) < 4.78 is 2.42. The van der Waals surface area contributed by atoms with Gasteiger partial charge in [-0.2, -0.15) is 0 Å². The molecule has 3 aliphatic carbocycles. The zero-order chi connectivity index (χ0) is 13.3. The number of hydrogen-bond acceptors (Lipinski definition) is 1. The van der Waals surface area contributed by atoms with Gasteiger partial charge in [0.1, 0.15) is 0 Å². The number of ketones is 1. The fraction of sp³-hybridized carbons (Fsp3) is 0.706. The van der Waals surface area contributed by atoms with E-state index < -0.39 is 0 Å². The summed E-state index contributed by atoms with van der Waals surface area (Å²) in [5.41, 5.74) is 3.06. The molecule has 1 aromatic heterocycles. The van der Waals surface area contributed by atoms with Crippen LogP contribution in [0.5, 0.6) is 0 Å². The van der Waals surface area contributed by atoms with Crippen LogP contribution in [0, 0.1) is 16.7 Å². The minimum absolute atomic E-state index is 0.135. The van der Waals surface area contributed by atoms with Gasteiger partial charge in [-0.1, -0.05) is 13.8 Å². The lowest BCUT2D eigenvalue weighted by molar-refractivity contribution is 0.0909. The summed E-state index contributed by atoms with van der Waals surface area (Å²) in [4.78, 5) is 12.2. The second-order valence-electron chi connectivity index (χ2n) is 7.88. The summed E-state index contributed by atoms with van der Waals surface area (Å²) in [6.07, 6.45) is 9.62. The highest BCUT2D eigenvalue weighted by atomic mass is 16.1. The van der Waals surface area contributed by atoms with Crippen molar-refractivity contribution in [3.8, 4) is 0 Å². The SMILES string of the molecule is CC1(C)CC(=O)c2ccn(CC3(C4CC4)CC3)c2C1. The molecule has 0 spiro atoms. The lowest BCUT2D eigenvalue weighted by Gasteiger charge is -2.30. The predicted octanol–water partition coefficient (Wildman–Crippen LogP) is 3.83. The van der Waals surface area contributed by atoms with Crippen molar-refractivity contribution >= 4 is 5.78 Å². The molecule has 4 rings (SSSR count). The first-order valence-electron chi connectivity index (χ1n) is 7.70. The standard InChI is InChI=1S/C17H23NO/c1-16(2)9-14-13(15(19)10-16)5-8-18(14)11-17(6-7-17)12-3-4-12/h5,8,12H,3-4,6-7,9-11H2,1-2H3. The Kier molecular flexibility index (Phi) is 2.18. The molecule has 2 heteroatoms. The molecule has 0 radical (unpaired) electrons. The zero-order valence-corrected chi connectivity index (χ0v) is 12.0. The molecule has 2 nitrogen and oxygen atoms in total. The maximum Gasteiger partial charge on any atom is 0.165 e. The predicted molar refractivity (Wildman–Crippen MR) is 75.3 cm³/mol. The van der Waals surface area contributed by atoms with Gasteiger partial charge < -0.3 is 4.57 Å². The molecule has 2 fully saturated rings. The van der Waals surface area contributed by atoms with Crippen LogP contribution in [-0.2, 0) is 13.0 Å². The smallest absolute Gasteiger partial charge is 0.165 e. The van der Waals surface area contributed by atoms with E-state index in [9.17, 15) is 4.79 Å². The van der Waals surface area contributed by atoms with Crippen LogP contribution in [0.2, 0.25) is 0 Å². The molecule has 102 valence electrons. The number of rotatable bonds is 3.